The molecule has 0 saturated carbocycles. The number of amides is 1. The number of halogens is 2. The first-order valence-corrected chi connectivity index (χ1v) is 13.4. The largest absolute Gasteiger partial charge is 0.507 e. The van der Waals surface area contributed by atoms with Crippen LogP contribution in [0.5, 0.6) is 17.2 Å². The van der Waals surface area contributed by atoms with Gasteiger partial charge in [0, 0.05) is 24.5 Å². The predicted molar refractivity (Wildman–Crippen MR) is 157 cm³/mol. The maximum absolute atomic E-state index is 13.6. The van der Waals surface area contributed by atoms with Gasteiger partial charge in [0.1, 0.15) is 16.5 Å². The molecule has 1 N–H and O–H groups in total. The van der Waals surface area contributed by atoms with Crippen molar-refractivity contribution in [2.24, 2.45) is 0 Å². The molecule has 0 radical (unpaired) electrons. The van der Waals surface area contributed by atoms with E-state index >= 15 is 0 Å². The second-order valence-electron chi connectivity index (χ2n) is 8.92. The van der Waals surface area contributed by atoms with Crippen molar-refractivity contribution in [2.75, 3.05) is 44.2 Å². The van der Waals surface area contributed by atoms with Gasteiger partial charge in [0.2, 0.25) is 0 Å². The zero-order valence-electron chi connectivity index (χ0n) is 22.8. The number of Topliss-reactive ketones (excluding diaryl/α,β-unsaturated/α-hetero) is 1. The summed E-state index contributed by atoms with van der Waals surface area (Å²) in [6, 6.07) is 14.7. The van der Waals surface area contributed by atoms with Gasteiger partial charge in [-0.1, -0.05) is 35.3 Å². The van der Waals surface area contributed by atoms with Crippen molar-refractivity contribution in [3.8, 4) is 17.2 Å². The number of hydrogen-bond acceptors (Lipinski definition) is 7. The Labute approximate surface area is 243 Å². The standard InChI is InChI=1S/C30H30Cl2N2O6/c1-6-33(7-2)18-10-12-19(13-11-18)34-25(17-8-14-20(38-3)15-9-17)23(27(36)30(34)37)26(35)21-16-22(31)29(40-5)24(32)28(21)39-4/h8-16,25,35H,6-7H2,1-5H3/b26-23+. The smallest absolute Gasteiger partial charge is 0.300 e. The lowest BCUT2D eigenvalue weighted by molar-refractivity contribution is -0.132. The van der Waals surface area contributed by atoms with Gasteiger partial charge >= 0.3 is 0 Å². The molecule has 4 rings (SSSR count). The number of carbonyl (C=O) groups is 2. The molecule has 1 unspecified atom stereocenters. The van der Waals surface area contributed by atoms with Gasteiger partial charge in [-0.2, -0.15) is 0 Å². The van der Waals surface area contributed by atoms with Crippen LogP contribution in [0.4, 0.5) is 11.4 Å². The Bertz CT molecular complexity index is 1450. The van der Waals surface area contributed by atoms with Gasteiger partial charge in [0.15, 0.2) is 11.5 Å². The molecular formula is C30H30Cl2N2O6. The van der Waals surface area contributed by atoms with E-state index in [-0.39, 0.29) is 32.7 Å². The Morgan fingerprint density at radius 3 is 2.02 bits per heavy atom. The summed E-state index contributed by atoms with van der Waals surface area (Å²) in [7, 11) is 4.30. The third-order valence-electron chi connectivity index (χ3n) is 6.93. The minimum Gasteiger partial charge on any atom is -0.507 e. The number of nitrogens with zero attached hydrogens (tertiary/aromatic N) is 2. The van der Waals surface area contributed by atoms with Crippen LogP contribution in [0.15, 0.2) is 60.2 Å². The van der Waals surface area contributed by atoms with Gasteiger partial charge in [0.25, 0.3) is 11.7 Å². The summed E-state index contributed by atoms with van der Waals surface area (Å²) in [4.78, 5) is 30.7. The number of aliphatic hydroxyl groups excluding tert-OH is 1. The van der Waals surface area contributed by atoms with Gasteiger partial charge in [-0.3, -0.25) is 14.5 Å². The topological polar surface area (TPSA) is 88.5 Å². The third-order valence-corrected chi connectivity index (χ3v) is 7.55. The Morgan fingerprint density at radius 1 is 0.900 bits per heavy atom. The molecule has 210 valence electrons. The Balaban J connectivity index is 1.95. The number of carbonyl (C=O) groups excluding carboxylic acids is 2. The summed E-state index contributed by atoms with van der Waals surface area (Å²) in [6.07, 6.45) is 0. The van der Waals surface area contributed by atoms with Crippen molar-refractivity contribution in [2.45, 2.75) is 19.9 Å². The van der Waals surface area contributed by atoms with Gasteiger partial charge in [-0.05, 0) is 61.9 Å². The van der Waals surface area contributed by atoms with E-state index in [0.29, 0.717) is 17.0 Å². The second-order valence-corrected chi connectivity index (χ2v) is 9.70. The SMILES string of the molecule is CCN(CC)c1ccc(N2C(=O)C(=O)/C(=C(/O)c3cc(Cl)c(OC)c(Cl)c3OC)C2c2ccc(OC)cc2)cc1. The molecule has 8 nitrogen and oxygen atoms in total. The lowest BCUT2D eigenvalue weighted by atomic mass is 9.94. The fourth-order valence-corrected chi connectivity index (χ4v) is 5.59. The molecule has 1 saturated heterocycles. The maximum Gasteiger partial charge on any atom is 0.300 e. The molecule has 1 aliphatic rings. The first-order valence-electron chi connectivity index (χ1n) is 12.6. The van der Waals surface area contributed by atoms with Crippen molar-refractivity contribution in [3.05, 3.63) is 81.3 Å². The summed E-state index contributed by atoms with van der Waals surface area (Å²) in [5, 5.41) is 11.7. The van der Waals surface area contributed by atoms with Gasteiger partial charge < -0.3 is 24.2 Å². The summed E-state index contributed by atoms with van der Waals surface area (Å²) < 4.78 is 16.0. The minimum atomic E-state index is -0.963. The number of rotatable bonds is 9. The third kappa shape index (κ3) is 5.05. The maximum atomic E-state index is 13.6. The molecule has 0 spiro atoms. The number of ketones is 1. The van der Waals surface area contributed by atoms with Crippen LogP contribution in [0.2, 0.25) is 10.0 Å². The predicted octanol–water partition coefficient (Wildman–Crippen LogP) is 6.49. The highest BCUT2D eigenvalue weighted by atomic mass is 35.5. The zero-order chi connectivity index (χ0) is 29.1. The molecule has 1 heterocycles. The Hall–Kier alpha value is -3.88. The first-order chi connectivity index (χ1) is 19.2. The minimum absolute atomic E-state index is 0.0151. The van der Waals surface area contributed by atoms with Crippen molar-refractivity contribution in [1.29, 1.82) is 0 Å². The summed E-state index contributed by atoms with van der Waals surface area (Å²) >= 11 is 12.8. The molecule has 1 amide bonds. The van der Waals surface area contributed by atoms with Crippen molar-refractivity contribution in [1.82, 2.24) is 0 Å². The highest BCUT2D eigenvalue weighted by Crippen LogP contribution is 2.48. The van der Waals surface area contributed by atoms with Crippen molar-refractivity contribution < 1.29 is 28.9 Å². The molecule has 3 aromatic rings. The molecule has 0 aromatic heterocycles. The first kappa shape index (κ1) is 29.1. The van der Waals surface area contributed by atoms with E-state index in [2.05, 4.69) is 18.7 Å². The van der Waals surface area contributed by atoms with Crippen LogP contribution >= 0.6 is 23.2 Å². The van der Waals surface area contributed by atoms with Gasteiger partial charge in [0.05, 0.1) is 43.5 Å². The molecule has 1 fully saturated rings. The van der Waals surface area contributed by atoms with E-state index in [1.54, 1.807) is 43.5 Å². The van der Waals surface area contributed by atoms with Crippen molar-refractivity contribution in [3.63, 3.8) is 0 Å². The van der Waals surface area contributed by atoms with Gasteiger partial charge in [-0.25, -0.2) is 0 Å². The van der Waals surface area contributed by atoms with E-state index in [4.69, 9.17) is 37.4 Å². The number of benzene rings is 3. The number of anilines is 2. The molecule has 0 bridgehead atoms. The molecule has 10 heteroatoms. The number of hydrogen-bond donors (Lipinski definition) is 1. The normalized spacial score (nSPS) is 16.3. The van der Waals surface area contributed by atoms with Crippen LogP contribution in [0.3, 0.4) is 0 Å². The van der Waals surface area contributed by atoms with Crippen LogP contribution in [0.25, 0.3) is 5.76 Å². The fourth-order valence-electron chi connectivity index (χ4n) is 4.90. The van der Waals surface area contributed by atoms with Crippen LogP contribution < -0.4 is 24.0 Å². The number of methoxy groups -OCH3 is 3. The van der Waals surface area contributed by atoms with Crippen LogP contribution in [0.1, 0.15) is 31.0 Å². The van der Waals surface area contributed by atoms with E-state index in [0.717, 1.165) is 18.8 Å². The van der Waals surface area contributed by atoms with E-state index in [1.807, 2.05) is 12.1 Å². The van der Waals surface area contributed by atoms with E-state index < -0.39 is 23.5 Å². The average molecular weight is 585 g/mol. The average Bonchev–Trinajstić information content (AvgIpc) is 3.23. The van der Waals surface area contributed by atoms with Crippen LogP contribution in [-0.4, -0.2) is 51.2 Å². The quantitative estimate of drug-likeness (QED) is 0.174. The highest BCUT2D eigenvalue weighted by molar-refractivity contribution is 6.52. The molecule has 3 aromatic carbocycles. The molecule has 40 heavy (non-hydrogen) atoms. The molecule has 1 atom stereocenters. The monoisotopic (exact) mass is 584 g/mol. The second kappa shape index (κ2) is 12.1. The summed E-state index contributed by atoms with van der Waals surface area (Å²) in [6.45, 7) is 5.76. The van der Waals surface area contributed by atoms with Gasteiger partial charge in [-0.15, -0.1) is 0 Å². The Kier molecular flexibility index (Phi) is 8.81. The summed E-state index contributed by atoms with van der Waals surface area (Å²) in [5.41, 5.74) is 1.97. The summed E-state index contributed by atoms with van der Waals surface area (Å²) in [5.74, 6) is -1.34. The fraction of sp³-hybridized carbons (Fsp3) is 0.267. The van der Waals surface area contributed by atoms with Crippen LogP contribution in [0, 0.1) is 0 Å². The molecular weight excluding hydrogens is 555 g/mol. The number of ether oxygens (including phenoxy) is 3. The van der Waals surface area contributed by atoms with Crippen LogP contribution in [-0.2, 0) is 9.59 Å². The zero-order valence-corrected chi connectivity index (χ0v) is 24.3. The van der Waals surface area contributed by atoms with E-state index in [1.165, 1.54) is 25.2 Å². The molecule has 1 aliphatic heterocycles. The lowest BCUT2D eigenvalue weighted by Crippen LogP contribution is -2.29. The Morgan fingerprint density at radius 2 is 1.50 bits per heavy atom. The number of aliphatic hydroxyl groups is 1. The molecule has 0 aliphatic carbocycles. The van der Waals surface area contributed by atoms with E-state index in [9.17, 15) is 14.7 Å². The van der Waals surface area contributed by atoms with Crippen molar-refractivity contribution >= 4 is 52.0 Å². The highest BCUT2D eigenvalue weighted by Gasteiger charge is 2.47. The lowest BCUT2D eigenvalue weighted by Gasteiger charge is -2.27.